The van der Waals surface area contributed by atoms with Gasteiger partial charge in [-0.3, -0.25) is 4.79 Å². The summed E-state index contributed by atoms with van der Waals surface area (Å²) in [6.45, 7) is 4.36. The molecule has 140 valence electrons. The third-order valence-corrected chi connectivity index (χ3v) is 6.30. The predicted molar refractivity (Wildman–Crippen MR) is 101 cm³/mol. The van der Waals surface area contributed by atoms with Gasteiger partial charge < -0.3 is 4.90 Å². The maximum Gasteiger partial charge on any atom is 0.223 e. The van der Waals surface area contributed by atoms with E-state index in [-0.39, 0.29) is 18.9 Å². The lowest BCUT2D eigenvalue weighted by Crippen LogP contribution is -2.40. The molecule has 0 aliphatic carbocycles. The molecular weight excluding hydrogens is 360 g/mol. The fourth-order valence-corrected chi connectivity index (χ4v) is 3.96. The molecule has 0 N–H and O–H groups in total. The molecule has 7 heteroatoms. The van der Waals surface area contributed by atoms with Crippen LogP contribution in [0.25, 0.3) is 0 Å². The van der Waals surface area contributed by atoms with Crippen molar-refractivity contribution in [2.24, 2.45) is 5.92 Å². The minimum absolute atomic E-state index is 0.0482. The molecule has 0 bridgehead atoms. The Hall–Kier alpha value is -1.11. The molecule has 5 nitrogen and oxygen atoms in total. The predicted octanol–water partition coefficient (Wildman–Crippen LogP) is 2.79. The van der Waals surface area contributed by atoms with Crippen molar-refractivity contribution in [2.45, 2.75) is 32.6 Å². The van der Waals surface area contributed by atoms with Gasteiger partial charge in [0.25, 0.3) is 0 Å². The van der Waals surface area contributed by atoms with E-state index in [1.54, 1.807) is 12.1 Å². The summed E-state index contributed by atoms with van der Waals surface area (Å²) in [6.07, 6.45) is 4.08. The van der Waals surface area contributed by atoms with E-state index in [0.29, 0.717) is 23.9 Å². The van der Waals surface area contributed by atoms with Crippen LogP contribution in [0.2, 0.25) is 5.02 Å². The maximum absolute atomic E-state index is 12.3. The fourth-order valence-electron chi connectivity index (χ4n) is 2.98. The van der Waals surface area contributed by atoms with Crippen molar-refractivity contribution < 1.29 is 13.2 Å². The highest BCUT2D eigenvalue weighted by molar-refractivity contribution is 7.88. The van der Waals surface area contributed by atoms with Crippen molar-refractivity contribution in [1.82, 2.24) is 9.21 Å². The first-order valence-electron chi connectivity index (χ1n) is 8.73. The zero-order valence-electron chi connectivity index (χ0n) is 14.9. The molecule has 0 radical (unpaired) electrons. The van der Waals surface area contributed by atoms with Crippen molar-refractivity contribution in [3.8, 4) is 0 Å². The van der Waals surface area contributed by atoms with E-state index in [4.69, 9.17) is 11.6 Å². The van der Waals surface area contributed by atoms with Crippen molar-refractivity contribution in [2.75, 3.05) is 32.4 Å². The molecule has 1 saturated heterocycles. The molecule has 1 aromatic carbocycles. The summed E-state index contributed by atoms with van der Waals surface area (Å²) in [4.78, 5) is 14.2. The van der Waals surface area contributed by atoms with Gasteiger partial charge in [0.05, 0.1) is 6.26 Å². The average molecular weight is 387 g/mol. The van der Waals surface area contributed by atoms with Crippen LogP contribution >= 0.6 is 11.6 Å². The molecule has 0 atom stereocenters. The number of carbonyl (C=O) groups is 1. The Kier molecular flexibility index (Phi) is 7.28. The van der Waals surface area contributed by atoms with Gasteiger partial charge in [-0.1, -0.05) is 30.7 Å². The molecule has 1 fully saturated rings. The topological polar surface area (TPSA) is 57.7 Å². The number of hydrogen-bond donors (Lipinski definition) is 0. The second kappa shape index (κ2) is 9.01. The van der Waals surface area contributed by atoms with E-state index in [2.05, 4.69) is 6.92 Å². The largest absolute Gasteiger partial charge is 0.343 e. The number of piperidine rings is 1. The number of amides is 1. The van der Waals surface area contributed by atoms with Gasteiger partial charge in [0, 0.05) is 37.6 Å². The molecule has 0 unspecified atom stereocenters. The Morgan fingerprint density at radius 1 is 1.20 bits per heavy atom. The van der Waals surface area contributed by atoms with Crippen molar-refractivity contribution in [1.29, 1.82) is 0 Å². The third kappa shape index (κ3) is 6.60. The zero-order chi connectivity index (χ0) is 18.4. The van der Waals surface area contributed by atoms with Gasteiger partial charge in [0.15, 0.2) is 0 Å². The van der Waals surface area contributed by atoms with Crippen LogP contribution in [0.1, 0.15) is 31.7 Å². The molecule has 1 aromatic rings. The first-order valence-corrected chi connectivity index (χ1v) is 11.0. The van der Waals surface area contributed by atoms with Gasteiger partial charge in [-0.2, -0.15) is 0 Å². The van der Waals surface area contributed by atoms with Crippen molar-refractivity contribution in [3.63, 3.8) is 0 Å². The van der Waals surface area contributed by atoms with Crippen LogP contribution in [0.5, 0.6) is 0 Å². The SMILES string of the molecule is CC1CCN(C(=O)CCN(CCc2ccc(Cl)cc2)S(C)(=O)=O)CC1. The molecule has 25 heavy (non-hydrogen) atoms. The number of carbonyl (C=O) groups excluding carboxylic acids is 1. The average Bonchev–Trinajstić information content (AvgIpc) is 2.55. The molecule has 0 spiro atoms. The van der Waals surface area contributed by atoms with E-state index in [1.807, 2.05) is 17.0 Å². The standard InChI is InChI=1S/C18H27ClN2O3S/c1-15-7-11-20(12-8-15)18(22)10-14-21(25(2,23)24)13-9-16-3-5-17(19)6-4-16/h3-6,15H,7-14H2,1-2H3. The molecule has 0 saturated carbocycles. The van der Waals surface area contributed by atoms with Crippen LogP contribution in [0.15, 0.2) is 24.3 Å². The number of hydrogen-bond acceptors (Lipinski definition) is 3. The third-order valence-electron chi connectivity index (χ3n) is 4.74. The van der Waals surface area contributed by atoms with Crippen LogP contribution in [-0.2, 0) is 21.2 Å². The highest BCUT2D eigenvalue weighted by Gasteiger charge is 2.23. The van der Waals surface area contributed by atoms with Gasteiger partial charge >= 0.3 is 0 Å². The lowest BCUT2D eigenvalue weighted by Gasteiger charge is -2.31. The smallest absolute Gasteiger partial charge is 0.223 e. The van der Waals surface area contributed by atoms with Gasteiger partial charge in [-0.25, -0.2) is 12.7 Å². The van der Waals surface area contributed by atoms with Gasteiger partial charge in [0.1, 0.15) is 0 Å². The number of benzene rings is 1. The maximum atomic E-state index is 12.3. The summed E-state index contributed by atoms with van der Waals surface area (Å²) >= 11 is 5.87. The van der Waals surface area contributed by atoms with Crippen LogP contribution < -0.4 is 0 Å². The number of rotatable bonds is 7. The Labute approximate surface area is 156 Å². The van der Waals surface area contributed by atoms with Crippen LogP contribution in [-0.4, -0.2) is 56.0 Å². The molecule has 2 rings (SSSR count). The molecule has 1 heterocycles. The summed E-state index contributed by atoms with van der Waals surface area (Å²) in [5.74, 6) is 0.711. The molecule has 1 aliphatic heterocycles. The normalized spacial score (nSPS) is 16.4. The van der Waals surface area contributed by atoms with E-state index in [9.17, 15) is 13.2 Å². The first-order chi connectivity index (χ1) is 11.8. The second-order valence-electron chi connectivity index (χ2n) is 6.85. The zero-order valence-corrected chi connectivity index (χ0v) is 16.5. The van der Waals surface area contributed by atoms with Crippen LogP contribution in [0.4, 0.5) is 0 Å². The lowest BCUT2D eigenvalue weighted by molar-refractivity contribution is -0.132. The summed E-state index contributed by atoms with van der Waals surface area (Å²) in [5.41, 5.74) is 1.02. The minimum Gasteiger partial charge on any atom is -0.343 e. The summed E-state index contributed by atoms with van der Waals surface area (Å²) in [6, 6.07) is 7.37. The second-order valence-corrected chi connectivity index (χ2v) is 9.27. The van der Waals surface area contributed by atoms with E-state index in [1.165, 1.54) is 10.6 Å². The monoisotopic (exact) mass is 386 g/mol. The van der Waals surface area contributed by atoms with Crippen LogP contribution in [0, 0.1) is 5.92 Å². The highest BCUT2D eigenvalue weighted by atomic mass is 35.5. The summed E-state index contributed by atoms with van der Waals surface area (Å²) in [5, 5.41) is 0.658. The number of nitrogens with zero attached hydrogens (tertiary/aromatic N) is 2. The highest BCUT2D eigenvalue weighted by Crippen LogP contribution is 2.17. The lowest BCUT2D eigenvalue weighted by atomic mass is 9.99. The summed E-state index contributed by atoms with van der Waals surface area (Å²) in [7, 11) is -3.34. The van der Waals surface area contributed by atoms with Gasteiger partial charge in [-0.05, 0) is 42.9 Å². The van der Waals surface area contributed by atoms with E-state index < -0.39 is 10.0 Å². The van der Waals surface area contributed by atoms with Crippen LogP contribution in [0.3, 0.4) is 0 Å². The minimum atomic E-state index is -3.34. The molecular formula is C18H27ClN2O3S. The van der Waals surface area contributed by atoms with Crippen molar-refractivity contribution >= 4 is 27.5 Å². The van der Waals surface area contributed by atoms with Gasteiger partial charge in [0.2, 0.25) is 15.9 Å². The Balaban J connectivity index is 1.87. The quantitative estimate of drug-likeness (QED) is 0.724. The molecule has 0 aromatic heterocycles. The number of likely N-dealkylation sites (tertiary alicyclic amines) is 1. The van der Waals surface area contributed by atoms with E-state index in [0.717, 1.165) is 31.5 Å². The Morgan fingerprint density at radius 3 is 2.36 bits per heavy atom. The number of halogens is 1. The van der Waals surface area contributed by atoms with Gasteiger partial charge in [-0.15, -0.1) is 0 Å². The van der Waals surface area contributed by atoms with E-state index >= 15 is 0 Å². The molecule has 1 aliphatic rings. The Morgan fingerprint density at radius 2 is 1.80 bits per heavy atom. The van der Waals surface area contributed by atoms with Crippen molar-refractivity contribution in [3.05, 3.63) is 34.9 Å². The number of sulfonamides is 1. The molecule has 1 amide bonds. The Bertz CT molecular complexity index is 668. The fraction of sp³-hybridized carbons (Fsp3) is 0.611. The first kappa shape index (κ1) is 20.2. The summed E-state index contributed by atoms with van der Waals surface area (Å²) < 4.78 is 25.4.